The van der Waals surface area contributed by atoms with Gasteiger partial charge in [0.2, 0.25) is 0 Å². The van der Waals surface area contributed by atoms with Crippen molar-refractivity contribution in [2.75, 3.05) is 13.7 Å². The first-order valence-corrected chi connectivity index (χ1v) is 14.8. The number of likely N-dealkylation sites (tertiary alicyclic amines) is 1. The van der Waals surface area contributed by atoms with E-state index in [4.69, 9.17) is 4.74 Å². The quantitative estimate of drug-likeness (QED) is 0.230. The predicted molar refractivity (Wildman–Crippen MR) is 142 cm³/mol. The number of benzene rings is 3. The van der Waals surface area contributed by atoms with Crippen LogP contribution in [0.3, 0.4) is 0 Å². The van der Waals surface area contributed by atoms with Gasteiger partial charge in [0.25, 0.3) is 5.91 Å². The van der Waals surface area contributed by atoms with Crippen molar-refractivity contribution >= 4 is 15.7 Å². The number of aryl methyl sites for hydroxylation is 1. The SMILES string of the molecule is COc1ccc(C(=O)N2CC[C@@]3(S(=O)(=O)c4ccc(F)cc4)c4ccc(C(F)(C(F)(F)F)C(F)(F)F)cc4CC[C@@H]23)cc1C#N. The van der Waals surface area contributed by atoms with Crippen LogP contribution in [0.4, 0.5) is 35.1 Å². The lowest BCUT2D eigenvalue weighted by Crippen LogP contribution is -2.53. The maximum atomic E-state index is 15.0. The second-order valence-electron chi connectivity index (χ2n) is 10.7. The van der Waals surface area contributed by atoms with Gasteiger partial charge in [0.1, 0.15) is 22.4 Å². The number of hydrogen-bond acceptors (Lipinski definition) is 5. The molecule has 5 rings (SSSR count). The Kier molecular flexibility index (Phi) is 7.67. The molecular weight excluding hydrogens is 636 g/mol. The molecule has 0 aromatic heterocycles. The summed E-state index contributed by atoms with van der Waals surface area (Å²) in [5.41, 5.74) is -7.95. The second kappa shape index (κ2) is 10.7. The highest BCUT2D eigenvalue weighted by molar-refractivity contribution is 7.92. The van der Waals surface area contributed by atoms with E-state index in [9.17, 15) is 53.6 Å². The largest absolute Gasteiger partial charge is 0.495 e. The number of methoxy groups -OCH3 is 1. The fourth-order valence-electron chi connectivity index (χ4n) is 6.39. The van der Waals surface area contributed by atoms with Crippen molar-refractivity contribution < 1.29 is 53.1 Å². The molecule has 3 aromatic rings. The number of hydrogen-bond donors (Lipinski definition) is 0. The van der Waals surface area contributed by atoms with E-state index < -0.39 is 60.8 Å². The molecule has 6 nitrogen and oxygen atoms in total. The zero-order valence-corrected chi connectivity index (χ0v) is 24.0. The molecular formula is C30H22F8N2O4S. The molecule has 1 aliphatic carbocycles. The summed E-state index contributed by atoms with van der Waals surface area (Å²) in [6.07, 6.45) is -13.6. The molecule has 0 unspecified atom stereocenters. The highest BCUT2D eigenvalue weighted by Crippen LogP contribution is 2.56. The van der Waals surface area contributed by atoms with E-state index in [2.05, 4.69) is 0 Å². The predicted octanol–water partition coefficient (Wildman–Crippen LogP) is 6.53. The molecule has 1 amide bonds. The molecule has 3 aromatic carbocycles. The Bertz CT molecular complexity index is 1800. The van der Waals surface area contributed by atoms with Gasteiger partial charge in [-0.15, -0.1) is 0 Å². The topological polar surface area (TPSA) is 87.5 Å². The number of sulfone groups is 1. The normalized spacial score (nSPS) is 20.3. The van der Waals surface area contributed by atoms with E-state index in [1.54, 1.807) is 0 Å². The minimum Gasteiger partial charge on any atom is -0.495 e. The van der Waals surface area contributed by atoms with Crippen LogP contribution >= 0.6 is 0 Å². The summed E-state index contributed by atoms with van der Waals surface area (Å²) < 4.78 is 142. The number of carbonyl (C=O) groups is 1. The Morgan fingerprint density at radius 2 is 1.62 bits per heavy atom. The molecule has 238 valence electrons. The van der Waals surface area contributed by atoms with Crippen LogP contribution in [0.2, 0.25) is 0 Å². The van der Waals surface area contributed by atoms with Gasteiger partial charge in [-0.25, -0.2) is 17.2 Å². The first-order valence-electron chi connectivity index (χ1n) is 13.3. The molecule has 15 heteroatoms. The summed E-state index contributed by atoms with van der Waals surface area (Å²) in [7, 11) is -3.33. The van der Waals surface area contributed by atoms with E-state index >= 15 is 0 Å². The third kappa shape index (κ3) is 4.72. The van der Waals surface area contributed by atoms with Crippen molar-refractivity contribution in [1.29, 1.82) is 5.26 Å². The Labute approximate surface area is 251 Å². The van der Waals surface area contributed by atoms with Gasteiger partial charge >= 0.3 is 18.0 Å². The Hall–Kier alpha value is -4.19. The number of nitrogens with zero attached hydrogens (tertiary/aromatic N) is 2. The maximum Gasteiger partial charge on any atom is 0.435 e. The number of halogens is 8. The first kappa shape index (κ1) is 32.2. The smallest absolute Gasteiger partial charge is 0.435 e. The molecule has 1 saturated heterocycles. The lowest BCUT2D eigenvalue weighted by Gasteiger charge is -2.43. The van der Waals surface area contributed by atoms with Gasteiger partial charge in [0.15, 0.2) is 9.84 Å². The molecule has 2 aliphatic rings. The number of ether oxygens (including phenoxy) is 1. The number of alkyl halides is 7. The lowest BCUT2D eigenvalue weighted by atomic mass is 9.76. The van der Waals surface area contributed by atoms with Crippen LogP contribution < -0.4 is 4.74 Å². The fraction of sp³-hybridized carbons (Fsp3) is 0.333. The molecule has 0 saturated carbocycles. The highest BCUT2D eigenvalue weighted by atomic mass is 32.2. The molecule has 45 heavy (non-hydrogen) atoms. The van der Waals surface area contributed by atoms with Crippen LogP contribution in [0.15, 0.2) is 65.6 Å². The third-order valence-electron chi connectivity index (χ3n) is 8.50. The molecule has 2 atom stereocenters. The average Bonchev–Trinajstić information content (AvgIpc) is 3.40. The van der Waals surface area contributed by atoms with Crippen LogP contribution in [-0.2, 0) is 26.7 Å². The first-order chi connectivity index (χ1) is 20.9. The van der Waals surface area contributed by atoms with Crippen molar-refractivity contribution in [2.24, 2.45) is 0 Å². The lowest BCUT2D eigenvalue weighted by molar-refractivity contribution is -0.348. The number of amides is 1. The zero-order valence-electron chi connectivity index (χ0n) is 23.1. The monoisotopic (exact) mass is 658 g/mol. The summed E-state index contributed by atoms with van der Waals surface area (Å²) >= 11 is 0. The molecule has 1 aliphatic heterocycles. The van der Waals surface area contributed by atoms with E-state index in [0.29, 0.717) is 6.07 Å². The molecule has 0 N–H and O–H groups in total. The van der Waals surface area contributed by atoms with Crippen LogP contribution in [-0.4, -0.2) is 51.3 Å². The van der Waals surface area contributed by atoms with Crippen molar-refractivity contribution in [2.45, 2.75) is 53.0 Å². The minimum absolute atomic E-state index is 0.000965. The number of nitriles is 1. The van der Waals surface area contributed by atoms with Gasteiger partial charge in [-0.1, -0.05) is 18.2 Å². The Morgan fingerprint density at radius 3 is 2.20 bits per heavy atom. The van der Waals surface area contributed by atoms with Crippen LogP contribution in [0.25, 0.3) is 0 Å². The summed E-state index contributed by atoms with van der Waals surface area (Å²) in [5, 5.41) is 9.46. The van der Waals surface area contributed by atoms with Crippen molar-refractivity contribution in [3.63, 3.8) is 0 Å². The molecule has 1 heterocycles. The second-order valence-corrected chi connectivity index (χ2v) is 12.9. The number of carbonyl (C=O) groups excluding carboxylic acids is 1. The average molecular weight is 659 g/mol. The van der Waals surface area contributed by atoms with Gasteiger partial charge in [-0.3, -0.25) is 4.79 Å². The minimum atomic E-state index is -6.38. The molecule has 0 bridgehead atoms. The van der Waals surface area contributed by atoms with E-state index in [1.165, 1.54) is 30.2 Å². The fourth-order valence-corrected chi connectivity index (χ4v) is 8.76. The number of fused-ring (bicyclic) bond motifs is 3. The van der Waals surface area contributed by atoms with Crippen LogP contribution in [0.5, 0.6) is 5.75 Å². The summed E-state index contributed by atoms with van der Waals surface area (Å²) in [5.74, 6) is -1.29. The third-order valence-corrected chi connectivity index (χ3v) is 11.0. The van der Waals surface area contributed by atoms with Crippen LogP contribution in [0.1, 0.15) is 45.5 Å². The summed E-state index contributed by atoms with van der Waals surface area (Å²) in [6.45, 7) is -0.211. The zero-order chi connectivity index (χ0) is 33.2. The van der Waals surface area contributed by atoms with Crippen molar-refractivity contribution in [3.8, 4) is 11.8 Å². The standard InChI is InChI=1S/C30H22F8N2O4S/c1-44-24-10-2-18(14-19(24)16-39)26(41)40-13-12-27(45(42,43)22-7-5-21(31)6-8-22)23-9-4-20(15-17(23)3-11-25(27)40)28(32,29(33,34)35)30(36,37)38/h2,4-10,14-15,25H,3,11-13H2,1H3/t25-,27-/m1/s1. The van der Waals surface area contributed by atoms with Gasteiger partial charge in [0.05, 0.1) is 23.6 Å². The molecule has 0 spiro atoms. The summed E-state index contributed by atoms with van der Waals surface area (Å²) in [6, 6.07) is 9.70. The molecule has 1 fully saturated rings. The van der Waals surface area contributed by atoms with E-state index in [0.717, 1.165) is 30.3 Å². The maximum absolute atomic E-state index is 15.0. The van der Waals surface area contributed by atoms with Gasteiger partial charge in [0, 0.05) is 17.7 Å². The summed E-state index contributed by atoms with van der Waals surface area (Å²) in [4.78, 5) is 14.6. The van der Waals surface area contributed by atoms with Gasteiger partial charge in [-0.2, -0.15) is 31.6 Å². The molecule has 0 radical (unpaired) electrons. The number of rotatable bonds is 5. The highest BCUT2D eigenvalue weighted by Gasteiger charge is 2.73. The van der Waals surface area contributed by atoms with Crippen molar-refractivity contribution in [3.05, 3.63) is 94.3 Å². The Morgan fingerprint density at radius 1 is 0.978 bits per heavy atom. The van der Waals surface area contributed by atoms with Gasteiger partial charge in [-0.05, 0) is 72.9 Å². The van der Waals surface area contributed by atoms with Crippen molar-refractivity contribution in [1.82, 2.24) is 4.90 Å². The van der Waals surface area contributed by atoms with E-state index in [1.807, 2.05) is 6.07 Å². The van der Waals surface area contributed by atoms with Gasteiger partial charge < -0.3 is 9.64 Å². The Balaban J connectivity index is 1.69. The van der Waals surface area contributed by atoms with Crippen LogP contribution in [0, 0.1) is 17.1 Å². The van der Waals surface area contributed by atoms with E-state index in [-0.39, 0.29) is 59.9 Å².